The van der Waals surface area contributed by atoms with Crippen LogP contribution >= 0.6 is 12.4 Å². The Hall–Kier alpha value is -2.45. The van der Waals surface area contributed by atoms with Crippen molar-refractivity contribution in [3.63, 3.8) is 0 Å². The Morgan fingerprint density at radius 2 is 1.84 bits per heavy atom. The second-order valence-electron chi connectivity index (χ2n) is 4.95. The van der Waals surface area contributed by atoms with E-state index in [0.29, 0.717) is 29.6 Å². The van der Waals surface area contributed by atoms with Crippen molar-refractivity contribution in [1.29, 1.82) is 0 Å². The number of carbonyl (C=O) groups is 1. The van der Waals surface area contributed by atoms with Gasteiger partial charge in [0, 0.05) is 11.6 Å². The molecule has 0 saturated carbocycles. The van der Waals surface area contributed by atoms with Crippen LogP contribution in [-0.4, -0.2) is 50.6 Å². The number of nitrogens with zero attached hydrogens (tertiary/aromatic N) is 2. The van der Waals surface area contributed by atoms with E-state index in [4.69, 9.17) is 14.2 Å². The summed E-state index contributed by atoms with van der Waals surface area (Å²) in [6.45, 7) is 0.635. The van der Waals surface area contributed by atoms with E-state index in [1.165, 1.54) is 0 Å². The van der Waals surface area contributed by atoms with Crippen LogP contribution in [0, 0.1) is 0 Å². The molecule has 1 aromatic heterocycles. The average Bonchev–Trinajstić information content (AvgIpc) is 3.01. The Morgan fingerprint density at radius 1 is 1.12 bits per heavy atom. The van der Waals surface area contributed by atoms with Gasteiger partial charge in [-0.2, -0.15) is 5.10 Å². The lowest BCUT2D eigenvalue weighted by molar-refractivity contribution is -0.115. The van der Waals surface area contributed by atoms with Gasteiger partial charge in [0.15, 0.2) is 11.5 Å². The number of aromatic nitrogens is 2. The lowest BCUT2D eigenvalue weighted by Crippen LogP contribution is -2.26. The smallest absolute Gasteiger partial charge is 0.239 e. The predicted molar refractivity (Wildman–Crippen MR) is 97.2 cm³/mol. The predicted octanol–water partition coefficient (Wildman–Crippen LogP) is 1.54. The molecule has 2 aromatic rings. The van der Waals surface area contributed by atoms with Crippen LogP contribution in [0.25, 0.3) is 0 Å². The number of anilines is 1. The van der Waals surface area contributed by atoms with Gasteiger partial charge in [-0.25, -0.2) is 4.68 Å². The van der Waals surface area contributed by atoms with Gasteiger partial charge in [-0.15, -0.1) is 12.4 Å². The molecule has 0 aliphatic carbocycles. The maximum absolute atomic E-state index is 11.7. The number of halogens is 1. The van der Waals surface area contributed by atoms with Crippen LogP contribution in [0.5, 0.6) is 17.2 Å². The number of ether oxygens (including phenoxy) is 3. The maximum Gasteiger partial charge on any atom is 0.239 e. The number of likely N-dealkylation sites (N-methyl/N-ethyl adjacent to an activating group) is 1. The fourth-order valence-corrected chi connectivity index (χ4v) is 2.36. The minimum absolute atomic E-state index is 0. The first kappa shape index (κ1) is 20.6. The van der Waals surface area contributed by atoms with E-state index in [9.17, 15) is 4.79 Å². The van der Waals surface area contributed by atoms with Gasteiger partial charge in [-0.1, -0.05) is 0 Å². The highest BCUT2D eigenvalue weighted by Crippen LogP contribution is 2.40. The van der Waals surface area contributed by atoms with Gasteiger partial charge in [0.2, 0.25) is 11.7 Å². The number of benzene rings is 1. The van der Waals surface area contributed by atoms with E-state index >= 15 is 0 Å². The zero-order valence-electron chi connectivity index (χ0n) is 14.7. The number of hydrogen-bond acceptors (Lipinski definition) is 6. The lowest BCUT2D eigenvalue weighted by atomic mass is 10.1. The van der Waals surface area contributed by atoms with Crippen LogP contribution in [0.1, 0.15) is 5.56 Å². The molecule has 2 N–H and O–H groups in total. The molecule has 0 fully saturated rings. The summed E-state index contributed by atoms with van der Waals surface area (Å²) in [5.74, 6) is 2.14. The molecule has 2 rings (SSSR count). The molecule has 1 aromatic carbocycles. The molecular weight excluding hydrogens is 348 g/mol. The van der Waals surface area contributed by atoms with Gasteiger partial charge < -0.3 is 24.8 Å². The normalized spacial score (nSPS) is 9.92. The number of rotatable bonds is 8. The minimum atomic E-state index is -0.140. The minimum Gasteiger partial charge on any atom is -0.493 e. The van der Waals surface area contributed by atoms with Crippen LogP contribution in [0.15, 0.2) is 24.4 Å². The fourth-order valence-electron chi connectivity index (χ4n) is 2.36. The SMILES string of the molecule is CNCC(=O)Nc1ccnn1Cc1ccc(OC)c(OC)c1OC.Cl. The Morgan fingerprint density at radius 3 is 2.44 bits per heavy atom. The summed E-state index contributed by atoms with van der Waals surface area (Å²) in [4.78, 5) is 11.7. The molecule has 0 unspecified atom stereocenters. The molecule has 1 amide bonds. The molecule has 9 heteroatoms. The third-order valence-electron chi connectivity index (χ3n) is 3.43. The Bertz CT molecular complexity index is 705. The third-order valence-corrected chi connectivity index (χ3v) is 3.43. The highest BCUT2D eigenvalue weighted by molar-refractivity contribution is 5.91. The van der Waals surface area contributed by atoms with Crippen LogP contribution in [-0.2, 0) is 11.3 Å². The Kier molecular flexibility index (Phi) is 8.03. The fraction of sp³-hybridized carbons (Fsp3) is 0.375. The van der Waals surface area contributed by atoms with Gasteiger partial charge in [-0.3, -0.25) is 4.79 Å². The zero-order valence-corrected chi connectivity index (χ0v) is 15.5. The topological polar surface area (TPSA) is 86.6 Å². The molecule has 0 spiro atoms. The van der Waals surface area contributed by atoms with Gasteiger partial charge >= 0.3 is 0 Å². The lowest BCUT2D eigenvalue weighted by Gasteiger charge is -2.16. The van der Waals surface area contributed by atoms with Crippen molar-refractivity contribution in [3.05, 3.63) is 30.0 Å². The van der Waals surface area contributed by atoms with E-state index in [0.717, 1.165) is 5.56 Å². The van der Waals surface area contributed by atoms with E-state index < -0.39 is 0 Å². The summed E-state index contributed by atoms with van der Waals surface area (Å²) >= 11 is 0. The highest BCUT2D eigenvalue weighted by atomic mass is 35.5. The largest absolute Gasteiger partial charge is 0.493 e. The van der Waals surface area contributed by atoms with Crippen molar-refractivity contribution in [1.82, 2.24) is 15.1 Å². The van der Waals surface area contributed by atoms with Gasteiger partial charge in [0.1, 0.15) is 5.82 Å². The molecule has 0 saturated heterocycles. The highest BCUT2D eigenvalue weighted by Gasteiger charge is 2.17. The molecule has 0 bridgehead atoms. The Balaban J connectivity index is 0.00000312. The number of nitrogens with one attached hydrogen (secondary N) is 2. The number of carbonyl (C=O) groups excluding carboxylic acids is 1. The molecule has 0 atom stereocenters. The molecular formula is C16H23ClN4O4. The van der Waals surface area contributed by atoms with Crippen molar-refractivity contribution in [2.24, 2.45) is 0 Å². The van der Waals surface area contributed by atoms with Crippen molar-refractivity contribution in [2.75, 3.05) is 40.2 Å². The molecule has 8 nitrogen and oxygen atoms in total. The van der Waals surface area contributed by atoms with Crippen molar-refractivity contribution in [3.8, 4) is 17.2 Å². The van der Waals surface area contributed by atoms with Crippen LogP contribution in [0.2, 0.25) is 0 Å². The Labute approximate surface area is 152 Å². The average molecular weight is 371 g/mol. The first-order valence-electron chi connectivity index (χ1n) is 7.38. The molecule has 0 aliphatic heterocycles. The van der Waals surface area contributed by atoms with Crippen molar-refractivity contribution in [2.45, 2.75) is 6.54 Å². The summed E-state index contributed by atoms with van der Waals surface area (Å²) in [5, 5.41) is 9.86. The molecule has 25 heavy (non-hydrogen) atoms. The standard InChI is InChI=1S/C16H22N4O4.ClH/c1-17-9-14(21)19-13-7-8-18-20(13)10-11-5-6-12(22-2)16(24-4)15(11)23-3;/h5-8,17H,9-10H2,1-4H3,(H,19,21);1H. The van der Waals surface area contributed by atoms with Gasteiger partial charge in [0.05, 0.1) is 40.6 Å². The van der Waals surface area contributed by atoms with Crippen LogP contribution < -0.4 is 24.8 Å². The monoisotopic (exact) mass is 370 g/mol. The summed E-state index contributed by atoms with van der Waals surface area (Å²) in [6.07, 6.45) is 1.63. The first-order valence-corrected chi connectivity index (χ1v) is 7.38. The summed E-state index contributed by atoms with van der Waals surface area (Å²) < 4.78 is 17.8. The van der Waals surface area contributed by atoms with Crippen LogP contribution in [0.3, 0.4) is 0 Å². The number of amides is 1. The van der Waals surface area contributed by atoms with E-state index in [-0.39, 0.29) is 24.9 Å². The summed E-state index contributed by atoms with van der Waals surface area (Å²) in [5.41, 5.74) is 0.850. The second kappa shape index (κ2) is 9.75. The molecule has 1 heterocycles. The van der Waals surface area contributed by atoms with Gasteiger partial charge in [-0.05, 0) is 19.2 Å². The van der Waals surface area contributed by atoms with Gasteiger partial charge in [0.25, 0.3) is 0 Å². The van der Waals surface area contributed by atoms with Crippen LogP contribution in [0.4, 0.5) is 5.82 Å². The molecule has 0 aliphatic rings. The van der Waals surface area contributed by atoms with Crippen molar-refractivity contribution >= 4 is 24.1 Å². The van der Waals surface area contributed by atoms with Crippen molar-refractivity contribution < 1.29 is 19.0 Å². The molecule has 138 valence electrons. The maximum atomic E-state index is 11.7. The van der Waals surface area contributed by atoms with E-state index in [1.807, 2.05) is 6.07 Å². The number of hydrogen-bond donors (Lipinski definition) is 2. The molecule has 0 radical (unpaired) electrons. The summed E-state index contributed by atoms with van der Waals surface area (Å²) in [6, 6.07) is 5.42. The summed E-state index contributed by atoms with van der Waals surface area (Å²) in [7, 11) is 6.41. The quantitative estimate of drug-likeness (QED) is 0.733. The second-order valence-corrected chi connectivity index (χ2v) is 4.95. The number of methoxy groups -OCH3 is 3. The first-order chi connectivity index (χ1) is 11.6. The zero-order chi connectivity index (χ0) is 17.5. The third kappa shape index (κ3) is 4.77. The van der Waals surface area contributed by atoms with E-state index in [1.54, 1.807) is 51.4 Å². The van der Waals surface area contributed by atoms with E-state index in [2.05, 4.69) is 15.7 Å².